The fourth-order valence-electron chi connectivity index (χ4n) is 3.01. The van der Waals surface area contributed by atoms with E-state index in [4.69, 9.17) is 10.00 Å². The summed E-state index contributed by atoms with van der Waals surface area (Å²) in [5.41, 5.74) is -0.425. The van der Waals surface area contributed by atoms with Crippen LogP contribution in [0.1, 0.15) is 39.5 Å². The van der Waals surface area contributed by atoms with Crippen molar-refractivity contribution in [3.63, 3.8) is 0 Å². The molecule has 2 rings (SSSR count). The molecule has 1 saturated carbocycles. The van der Waals surface area contributed by atoms with Crippen molar-refractivity contribution in [2.45, 2.75) is 45.1 Å². The van der Waals surface area contributed by atoms with Crippen molar-refractivity contribution in [1.29, 1.82) is 5.26 Å². The van der Waals surface area contributed by atoms with Gasteiger partial charge in [-0.05, 0) is 25.7 Å². The number of hydrogen-bond donors (Lipinski definition) is 0. The molecule has 1 heterocycles. The predicted molar refractivity (Wildman–Crippen MR) is 50.2 cm³/mol. The zero-order valence-corrected chi connectivity index (χ0v) is 8.67. The Labute approximate surface area is 84.0 Å². The third kappa shape index (κ3) is 1.00. The maximum Gasteiger partial charge on any atom is 0.307 e. The third-order valence-electron chi connectivity index (χ3n) is 4.27. The molecular weight excluding hydrogens is 178 g/mol. The maximum atomic E-state index is 11.3. The molecule has 14 heavy (non-hydrogen) atoms. The number of ether oxygens (including phenoxy) is 1. The molecule has 0 amide bonds. The first-order valence-electron chi connectivity index (χ1n) is 5.11. The van der Waals surface area contributed by atoms with Gasteiger partial charge in [0.2, 0.25) is 0 Å². The normalized spacial score (nSPS) is 45.8. The van der Waals surface area contributed by atoms with Gasteiger partial charge in [-0.25, -0.2) is 0 Å². The van der Waals surface area contributed by atoms with E-state index in [1.54, 1.807) is 0 Å². The van der Waals surface area contributed by atoms with Gasteiger partial charge in [-0.1, -0.05) is 6.92 Å². The molecule has 0 spiro atoms. The van der Waals surface area contributed by atoms with Crippen LogP contribution >= 0.6 is 0 Å². The molecule has 3 heteroatoms. The first-order chi connectivity index (χ1) is 6.52. The molecule has 0 aromatic rings. The number of nitriles is 1. The SMILES string of the molecule is CC12CCC(CC#N)C1(C)CC(=O)O2. The standard InChI is InChI=1S/C11H15NO2/c1-10-7-9(13)14-11(10,2)5-3-8(10)4-6-12/h8H,3-5,7H2,1-2H3. The monoisotopic (exact) mass is 193 g/mol. The van der Waals surface area contributed by atoms with Crippen molar-refractivity contribution in [3.8, 4) is 6.07 Å². The second kappa shape index (κ2) is 2.73. The van der Waals surface area contributed by atoms with Crippen LogP contribution in [0.4, 0.5) is 0 Å². The summed E-state index contributed by atoms with van der Waals surface area (Å²) in [5, 5.41) is 8.74. The summed E-state index contributed by atoms with van der Waals surface area (Å²) in [4.78, 5) is 11.3. The molecule has 3 unspecified atom stereocenters. The van der Waals surface area contributed by atoms with Gasteiger partial charge >= 0.3 is 5.97 Å². The molecule has 0 aromatic carbocycles. The summed E-state index contributed by atoms with van der Waals surface area (Å²) in [6.45, 7) is 4.10. The summed E-state index contributed by atoms with van der Waals surface area (Å²) < 4.78 is 5.40. The summed E-state index contributed by atoms with van der Waals surface area (Å²) in [5.74, 6) is 0.224. The van der Waals surface area contributed by atoms with Gasteiger partial charge in [0.05, 0.1) is 12.5 Å². The lowest BCUT2D eigenvalue weighted by Gasteiger charge is -2.34. The molecule has 1 saturated heterocycles. The van der Waals surface area contributed by atoms with Crippen molar-refractivity contribution in [1.82, 2.24) is 0 Å². The Morgan fingerprint density at radius 3 is 3.00 bits per heavy atom. The minimum Gasteiger partial charge on any atom is -0.459 e. The molecule has 3 nitrogen and oxygen atoms in total. The lowest BCUT2D eigenvalue weighted by atomic mass is 9.70. The van der Waals surface area contributed by atoms with E-state index in [0.717, 1.165) is 12.8 Å². The highest BCUT2D eigenvalue weighted by Gasteiger charge is 2.61. The van der Waals surface area contributed by atoms with Crippen LogP contribution in [0.5, 0.6) is 0 Å². The lowest BCUT2D eigenvalue weighted by Crippen LogP contribution is -2.38. The van der Waals surface area contributed by atoms with E-state index in [0.29, 0.717) is 18.8 Å². The molecule has 0 radical (unpaired) electrons. The number of rotatable bonds is 1. The number of nitrogens with zero attached hydrogens (tertiary/aromatic N) is 1. The molecule has 3 atom stereocenters. The highest BCUT2D eigenvalue weighted by molar-refractivity contribution is 5.74. The number of carbonyl (C=O) groups excluding carboxylic acids is 1. The average molecular weight is 193 g/mol. The molecule has 76 valence electrons. The number of esters is 1. The Kier molecular flexibility index (Phi) is 1.85. The first-order valence-corrected chi connectivity index (χ1v) is 5.11. The Morgan fingerprint density at radius 1 is 1.64 bits per heavy atom. The van der Waals surface area contributed by atoms with Crippen molar-refractivity contribution in [3.05, 3.63) is 0 Å². The number of hydrogen-bond acceptors (Lipinski definition) is 3. The molecular formula is C11H15NO2. The fraction of sp³-hybridized carbons (Fsp3) is 0.818. The van der Waals surface area contributed by atoms with E-state index in [1.807, 2.05) is 6.92 Å². The predicted octanol–water partition coefficient (Wildman–Crippen LogP) is 2.02. The van der Waals surface area contributed by atoms with Crippen LogP contribution < -0.4 is 0 Å². The smallest absolute Gasteiger partial charge is 0.307 e. The van der Waals surface area contributed by atoms with E-state index in [1.165, 1.54) is 0 Å². The molecule has 0 aromatic heterocycles. The summed E-state index contributed by atoms with van der Waals surface area (Å²) in [7, 11) is 0. The second-order valence-corrected chi connectivity index (χ2v) is 4.90. The van der Waals surface area contributed by atoms with Crippen LogP contribution in [0.15, 0.2) is 0 Å². The van der Waals surface area contributed by atoms with Crippen LogP contribution in [-0.2, 0) is 9.53 Å². The minimum atomic E-state index is -0.314. The van der Waals surface area contributed by atoms with Crippen molar-refractivity contribution >= 4 is 5.97 Å². The maximum absolute atomic E-state index is 11.3. The van der Waals surface area contributed by atoms with Crippen LogP contribution in [0, 0.1) is 22.7 Å². The van der Waals surface area contributed by atoms with Gasteiger partial charge in [0.1, 0.15) is 5.60 Å². The van der Waals surface area contributed by atoms with Crippen LogP contribution in [0.2, 0.25) is 0 Å². The molecule has 2 aliphatic rings. The highest BCUT2D eigenvalue weighted by Crippen LogP contribution is 2.59. The van der Waals surface area contributed by atoms with E-state index < -0.39 is 0 Å². The summed E-state index contributed by atoms with van der Waals surface area (Å²) in [6.07, 6.45) is 2.94. The molecule has 1 aliphatic heterocycles. The molecule has 2 fully saturated rings. The second-order valence-electron chi connectivity index (χ2n) is 4.90. The Morgan fingerprint density at radius 2 is 2.36 bits per heavy atom. The number of fused-ring (bicyclic) bond motifs is 1. The Balaban J connectivity index is 2.30. The van der Waals surface area contributed by atoms with E-state index in [9.17, 15) is 4.79 Å². The van der Waals surface area contributed by atoms with Gasteiger partial charge in [0.25, 0.3) is 0 Å². The van der Waals surface area contributed by atoms with Gasteiger partial charge in [0.15, 0.2) is 0 Å². The summed E-state index contributed by atoms with van der Waals surface area (Å²) in [6, 6.07) is 2.21. The Bertz CT molecular complexity index is 320. The molecule has 0 bridgehead atoms. The fourth-order valence-corrected chi connectivity index (χ4v) is 3.01. The van der Waals surface area contributed by atoms with Gasteiger partial charge in [-0.2, -0.15) is 5.26 Å². The van der Waals surface area contributed by atoms with E-state index in [2.05, 4.69) is 13.0 Å². The largest absolute Gasteiger partial charge is 0.459 e. The minimum absolute atomic E-state index is 0.0994. The van der Waals surface area contributed by atoms with Crippen LogP contribution in [-0.4, -0.2) is 11.6 Å². The van der Waals surface area contributed by atoms with Gasteiger partial charge in [0, 0.05) is 11.8 Å². The van der Waals surface area contributed by atoms with Crippen molar-refractivity contribution in [2.24, 2.45) is 11.3 Å². The zero-order chi connectivity index (χ0) is 10.4. The molecule has 0 N–H and O–H groups in total. The van der Waals surface area contributed by atoms with E-state index in [-0.39, 0.29) is 17.0 Å². The van der Waals surface area contributed by atoms with Gasteiger partial charge in [-0.3, -0.25) is 4.79 Å². The topological polar surface area (TPSA) is 50.1 Å². The Hall–Kier alpha value is -1.04. The molecule has 1 aliphatic carbocycles. The van der Waals surface area contributed by atoms with Gasteiger partial charge in [-0.15, -0.1) is 0 Å². The highest BCUT2D eigenvalue weighted by atomic mass is 16.6. The lowest BCUT2D eigenvalue weighted by molar-refractivity contribution is -0.148. The summed E-state index contributed by atoms with van der Waals surface area (Å²) >= 11 is 0. The van der Waals surface area contributed by atoms with Crippen molar-refractivity contribution < 1.29 is 9.53 Å². The van der Waals surface area contributed by atoms with Crippen LogP contribution in [0.3, 0.4) is 0 Å². The van der Waals surface area contributed by atoms with Gasteiger partial charge < -0.3 is 4.74 Å². The van der Waals surface area contributed by atoms with E-state index >= 15 is 0 Å². The van der Waals surface area contributed by atoms with Crippen molar-refractivity contribution in [2.75, 3.05) is 0 Å². The zero-order valence-electron chi connectivity index (χ0n) is 8.67. The average Bonchev–Trinajstić information content (AvgIpc) is 2.43. The quantitative estimate of drug-likeness (QED) is 0.598. The first kappa shape index (κ1) is 9.51. The number of carbonyl (C=O) groups is 1. The third-order valence-corrected chi connectivity index (χ3v) is 4.27. The van der Waals surface area contributed by atoms with Crippen LogP contribution in [0.25, 0.3) is 0 Å².